The van der Waals surface area contributed by atoms with Gasteiger partial charge in [0.25, 0.3) is 0 Å². The summed E-state index contributed by atoms with van der Waals surface area (Å²) in [5, 5.41) is 3.97. The molecule has 0 bridgehead atoms. The van der Waals surface area contributed by atoms with E-state index in [0.717, 1.165) is 11.3 Å². The van der Waals surface area contributed by atoms with Gasteiger partial charge >= 0.3 is 5.97 Å². The molecule has 0 radical (unpaired) electrons. The number of hydrogen-bond acceptors (Lipinski definition) is 4. The first-order valence-corrected chi connectivity index (χ1v) is 6.60. The fraction of sp³-hybridized carbons (Fsp3) is 0.267. The predicted molar refractivity (Wildman–Crippen MR) is 78.3 cm³/mol. The summed E-state index contributed by atoms with van der Waals surface area (Å²) in [6.45, 7) is 3.89. The Morgan fingerprint density at radius 2 is 2.10 bits per heavy atom. The van der Waals surface area contributed by atoms with E-state index in [-0.39, 0.29) is 11.8 Å². The highest BCUT2D eigenvalue weighted by atomic mass is 35.5. The van der Waals surface area contributed by atoms with E-state index < -0.39 is 5.97 Å². The van der Waals surface area contributed by atoms with Crippen molar-refractivity contribution in [3.8, 4) is 0 Å². The van der Waals surface area contributed by atoms with Crippen molar-refractivity contribution in [1.82, 2.24) is 0 Å². The number of carbonyl (C=O) groups excluding carboxylic acids is 1. The Labute approximate surface area is 122 Å². The summed E-state index contributed by atoms with van der Waals surface area (Å²) in [6, 6.07) is 9.01. The van der Waals surface area contributed by atoms with Crippen LogP contribution in [0.2, 0.25) is 5.02 Å². The molecule has 1 aromatic heterocycles. The Balaban J connectivity index is 2.11. The number of nitrogens with one attached hydrogen (secondary N) is 1. The number of ether oxygens (including phenoxy) is 1. The highest BCUT2D eigenvalue weighted by Crippen LogP contribution is 2.25. The third-order valence-electron chi connectivity index (χ3n) is 3.00. The average Bonchev–Trinajstić information content (AvgIpc) is 2.92. The average molecular weight is 294 g/mol. The van der Waals surface area contributed by atoms with E-state index >= 15 is 0 Å². The molecule has 4 nitrogen and oxygen atoms in total. The number of furan rings is 1. The Morgan fingerprint density at radius 1 is 1.35 bits per heavy atom. The summed E-state index contributed by atoms with van der Waals surface area (Å²) in [7, 11) is 1.32. The standard InChI is InChI=1S/C15H16ClNO3/c1-9-4-5-11(8-12(9)16)17-10(2)13-6-7-14(20-13)15(18)19-3/h4-8,10,17H,1-3H3. The van der Waals surface area contributed by atoms with Crippen LogP contribution < -0.4 is 5.32 Å². The van der Waals surface area contributed by atoms with E-state index in [1.54, 1.807) is 12.1 Å². The maximum absolute atomic E-state index is 11.3. The number of rotatable bonds is 4. The zero-order valence-electron chi connectivity index (χ0n) is 11.6. The molecule has 1 unspecified atom stereocenters. The van der Waals surface area contributed by atoms with Crippen molar-refractivity contribution in [3.05, 3.63) is 52.4 Å². The van der Waals surface area contributed by atoms with Gasteiger partial charge in [-0.05, 0) is 43.7 Å². The van der Waals surface area contributed by atoms with Crippen LogP contribution in [0.5, 0.6) is 0 Å². The minimum absolute atomic E-state index is 0.0906. The van der Waals surface area contributed by atoms with Gasteiger partial charge in [0.15, 0.2) is 0 Å². The predicted octanol–water partition coefficient (Wildman–Crippen LogP) is 4.20. The fourth-order valence-electron chi connectivity index (χ4n) is 1.80. The normalized spacial score (nSPS) is 12.0. The topological polar surface area (TPSA) is 51.5 Å². The highest BCUT2D eigenvalue weighted by molar-refractivity contribution is 6.31. The molecule has 1 atom stereocenters. The van der Waals surface area contributed by atoms with Gasteiger partial charge in [-0.25, -0.2) is 4.79 Å². The second kappa shape index (κ2) is 6.01. The summed E-state index contributed by atoms with van der Waals surface area (Å²) in [5.74, 6) is 0.363. The molecule has 0 saturated heterocycles. The number of hydrogen-bond donors (Lipinski definition) is 1. The Kier molecular flexibility index (Phi) is 4.35. The van der Waals surface area contributed by atoms with Gasteiger partial charge in [-0.15, -0.1) is 0 Å². The molecule has 20 heavy (non-hydrogen) atoms. The fourth-order valence-corrected chi connectivity index (χ4v) is 1.98. The van der Waals surface area contributed by atoms with E-state index in [9.17, 15) is 4.79 Å². The van der Waals surface area contributed by atoms with Gasteiger partial charge < -0.3 is 14.5 Å². The summed E-state index contributed by atoms with van der Waals surface area (Å²) in [4.78, 5) is 11.3. The van der Waals surface area contributed by atoms with Gasteiger partial charge in [0.1, 0.15) is 5.76 Å². The lowest BCUT2D eigenvalue weighted by molar-refractivity contribution is 0.0562. The molecule has 0 aliphatic heterocycles. The van der Waals surface area contributed by atoms with Gasteiger partial charge in [0.05, 0.1) is 13.2 Å². The van der Waals surface area contributed by atoms with E-state index in [1.165, 1.54) is 7.11 Å². The lowest BCUT2D eigenvalue weighted by Gasteiger charge is -2.13. The molecular weight excluding hydrogens is 278 g/mol. The summed E-state index contributed by atoms with van der Waals surface area (Å²) in [5.41, 5.74) is 1.92. The van der Waals surface area contributed by atoms with Crippen molar-refractivity contribution >= 4 is 23.3 Å². The Morgan fingerprint density at radius 3 is 2.75 bits per heavy atom. The molecular formula is C15H16ClNO3. The van der Waals surface area contributed by atoms with E-state index in [2.05, 4.69) is 10.1 Å². The van der Waals surface area contributed by atoms with E-state index in [0.29, 0.717) is 10.8 Å². The quantitative estimate of drug-likeness (QED) is 0.858. The molecule has 1 aromatic carbocycles. The molecule has 1 N–H and O–H groups in total. The minimum atomic E-state index is -0.484. The number of methoxy groups -OCH3 is 1. The zero-order valence-corrected chi connectivity index (χ0v) is 12.3. The number of benzene rings is 1. The molecule has 0 fully saturated rings. The first-order chi connectivity index (χ1) is 9.51. The highest BCUT2D eigenvalue weighted by Gasteiger charge is 2.15. The summed E-state index contributed by atoms with van der Waals surface area (Å²) in [6.07, 6.45) is 0. The second-order valence-corrected chi connectivity index (χ2v) is 4.93. The summed E-state index contributed by atoms with van der Waals surface area (Å²) < 4.78 is 10.1. The number of anilines is 1. The monoisotopic (exact) mass is 293 g/mol. The largest absolute Gasteiger partial charge is 0.463 e. The van der Waals surface area contributed by atoms with Crippen LogP contribution in [0.25, 0.3) is 0 Å². The van der Waals surface area contributed by atoms with Gasteiger partial charge in [-0.1, -0.05) is 17.7 Å². The number of halogens is 1. The lowest BCUT2D eigenvalue weighted by atomic mass is 10.2. The second-order valence-electron chi connectivity index (χ2n) is 4.52. The van der Waals surface area contributed by atoms with Gasteiger partial charge in [-0.3, -0.25) is 0 Å². The first-order valence-electron chi connectivity index (χ1n) is 6.22. The van der Waals surface area contributed by atoms with Crippen LogP contribution >= 0.6 is 11.6 Å². The van der Waals surface area contributed by atoms with Crippen molar-refractivity contribution in [2.24, 2.45) is 0 Å². The van der Waals surface area contributed by atoms with Crippen LogP contribution in [-0.4, -0.2) is 13.1 Å². The number of esters is 1. The van der Waals surface area contributed by atoms with Crippen molar-refractivity contribution < 1.29 is 13.9 Å². The van der Waals surface area contributed by atoms with Gasteiger partial charge in [0.2, 0.25) is 5.76 Å². The molecule has 0 spiro atoms. The maximum atomic E-state index is 11.3. The molecule has 5 heteroatoms. The van der Waals surface area contributed by atoms with Crippen LogP contribution in [0, 0.1) is 6.92 Å². The minimum Gasteiger partial charge on any atom is -0.463 e. The third kappa shape index (κ3) is 3.14. The molecule has 0 amide bonds. The van der Waals surface area contributed by atoms with Crippen molar-refractivity contribution in [1.29, 1.82) is 0 Å². The molecule has 1 heterocycles. The van der Waals surface area contributed by atoms with Crippen LogP contribution in [0.4, 0.5) is 5.69 Å². The number of carbonyl (C=O) groups is 1. The van der Waals surface area contributed by atoms with Crippen molar-refractivity contribution in [3.63, 3.8) is 0 Å². The molecule has 106 valence electrons. The van der Waals surface area contributed by atoms with Crippen LogP contribution in [0.3, 0.4) is 0 Å². The van der Waals surface area contributed by atoms with Crippen molar-refractivity contribution in [2.45, 2.75) is 19.9 Å². The molecule has 2 rings (SSSR count). The van der Waals surface area contributed by atoms with Crippen LogP contribution in [-0.2, 0) is 4.74 Å². The maximum Gasteiger partial charge on any atom is 0.373 e. The first kappa shape index (κ1) is 14.5. The molecule has 2 aromatic rings. The van der Waals surface area contributed by atoms with Gasteiger partial charge in [0, 0.05) is 10.7 Å². The SMILES string of the molecule is COC(=O)c1ccc(C(C)Nc2ccc(C)c(Cl)c2)o1. The molecule has 0 saturated carbocycles. The van der Waals surface area contributed by atoms with E-state index in [1.807, 2.05) is 32.0 Å². The lowest BCUT2D eigenvalue weighted by Crippen LogP contribution is -2.06. The smallest absolute Gasteiger partial charge is 0.373 e. The van der Waals surface area contributed by atoms with Crippen LogP contribution in [0.1, 0.15) is 34.8 Å². The van der Waals surface area contributed by atoms with E-state index in [4.69, 9.17) is 16.0 Å². The van der Waals surface area contributed by atoms with Crippen molar-refractivity contribution in [2.75, 3.05) is 12.4 Å². The Bertz CT molecular complexity index is 621. The Hall–Kier alpha value is -1.94. The van der Waals surface area contributed by atoms with Gasteiger partial charge in [-0.2, -0.15) is 0 Å². The summed E-state index contributed by atoms with van der Waals surface area (Å²) >= 11 is 6.08. The van der Waals surface area contributed by atoms with Crippen LogP contribution in [0.15, 0.2) is 34.7 Å². The number of aryl methyl sites for hydroxylation is 1. The molecule has 0 aliphatic rings. The molecule has 0 aliphatic carbocycles. The third-order valence-corrected chi connectivity index (χ3v) is 3.40. The zero-order chi connectivity index (χ0) is 14.7.